The highest BCUT2D eigenvalue weighted by Crippen LogP contribution is 2.40. The zero-order valence-corrected chi connectivity index (χ0v) is 33.9. The van der Waals surface area contributed by atoms with Crippen LogP contribution < -0.4 is 0 Å². The summed E-state index contributed by atoms with van der Waals surface area (Å²) in [6.07, 6.45) is 0. The normalized spacial score (nSPS) is 11.4. The molecule has 0 amide bonds. The van der Waals surface area contributed by atoms with Crippen molar-refractivity contribution in [1.82, 2.24) is 24.1 Å². The van der Waals surface area contributed by atoms with Gasteiger partial charge in [0.1, 0.15) is 0 Å². The first kappa shape index (κ1) is 36.4. The first-order valence-electron chi connectivity index (χ1n) is 20.5. The minimum Gasteiger partial charge on any atom is -0.309 e. The molecule has 0 saturated heterocycles. The van der Waals surface area contributed by atoms with E-state index in [1.165, 1.54) is 16.5 Å². The molecule has 0 aliphatic rings. The number of hydrogen-bond acceptors (Lipinski definition) is 5. The molecule has 7 heteroatoms. The largest absolute Gasteiger partial charge is 0.309 e. The third kappa shape index (κ3) is 5.92. The van der Waals surface area contributed by atoms with E-state index in [2.05, 4.69) is 126 Å². The lowest BCUT2D eigenvalue weighted by Crippen LogP contribution is -2.04. The van der Waals surface area contributed by atoms with Crippen molar-refractivity contribution in [2.45, 2.75) is 13.8 Å². The topological polar surface area (TPSA) is 96.1 Å². The van der Waals surface area contributed by atoms with Crippen LogP contribution in [0, 0.1) is 36.5 Å². The molecular formula is C55H35N7. The molecule has 290 valence electrons. The molecule has 0 atom stereocenters. The highest BCUT2D eigenvalue weighted by atomic mass is 15.0. The van der Waals surface area contributed by atoms with Gasteiger partial charge < -0.3 is 9.13 Å². The van der Waals surface area contributed by atoms with E-state index >= 15 is 0 Å². The van der Waals surface area contributed by atoms with E-state index in [4.69, 9.17) is 15.0 Å². The standard InChI is InChI=1S/C55H35N7/c1-34-20-26-51-47(28-34)43-16-8-10-18-49(43)61(51)39-22-24-42(38(30-39)33-57)54-58-53(36-12-4-3-5-13-36)59-55(60-54)45-25-23-40(31-46(45)41-15-7-6-14-37(41)32-56)62-50-19-11-9-17-44(50)48-29-35(2)21-27-52(48)62/h3-31H,1-2H3. The van der Waals surface area contributed by atoms with Gasteiger partial charge in [-0.05, 0) is 98.3 Å². The molecule has 0 N–H and O–H groups in total. The van der Waals surface area contributed by atoms with E-state index in [1.807, 2.05) is 84.9 Å². The minimum absolute atomic E-state index is 0.371. The van der Waals surface area contributed by atoms with Crippen LogP contribution in [0.5, 0.6) is 0 Å². The van der Waals surface area contributed by atoms with Gasteiger partial charge in [0.2, 0.25) is 0 Å². The number of para-hydroxylation sites is 2. The number of aromatic nitrogens is 5. The summed E-state index contributed by atoms with van der Waals surface area (Å²) >= 11 is 0. The third-order valence-corrected chi connectivity index (χ3v) is 11.8. The van der Waals surface area contributed by atoms with Gasteiger partial charge in [-0.3, -0.25) is 0 Å². The van der Waals surface area contributed by atoms with Crippen molar-refractivity contribution in [2.75, 3.05) is 0 Å². The SMILES string of the molecule is Cc1ccc2c(c1)c1ccccc1n2-c1ccc(-c2nc(-c3ccccc3)nc(-c3ccc(-n4c5ccccc5c5cc(C)ccc54)cc3-c3ccccc3C#N)n2)c(C#N)c1. The van der Waals surface area contributed by atoms with Gasteiger partial charge in [-0.2, -0.15) is 10.5 Å². The summed E-state index contributed by atoms with van der Waals surface area (Å²) in [5, 5.41) is 25.9. The van der Waals surface area contributed by atoms with Gasteiger partial charge in [-0.15, -0.1) is 0 Å². The van der Waals surface area contributed by atoms with E-state index in [9.17, 15) is 10.5 Å². The lowest BCUT2D eigenvalue weighted by atomic mass is 9.94. The minimum atomic E-state index is 0.371. The Bertz CT molecular complexity index is 3690. The van der Waals surface area contributed by atoms with Crippen LogP contribution in [-0.4, -0.2) is 24.1 Å². The van der Waals surface area contributed by atoms with Crippen molar-refractivity contribution >= 4 is 43.6 Å². The fourth-order valence-corrected chi connectivity index (χ4v) is 8.93. The van der Waals surface area contributed by atoms with Gasteiger partial charge in [0.25, 0.3) is 0 Å². The summed E-state index contributed by atoms with van der Waals surface area (Å²) in [5.74, 6) is 1.26. The summed E-state index contributed by atoms with van der Waals surface area (Å²) < 4.78 is 4.49. The molecule has 0 radical (unpaired) electrons. The molecule has 0 aliphatic carbocycles. The maximum absolute atomic E-state index is 10.8. The van der Waals surface area contributed by atoms with Gasteiger partial charge in [-0.1, -0.05) is 108 Å². The average molecular weight is 794 g/mol. The first-order valence-corrected chi connectivity index (χ1v) is 20.5. The van der Waals surface area contributed by atoms with Crippen LogP contribution in [0.2, 0.25) is 0 Å². The Morgan fingerprint density at radius 2 is 0.871 bits per heavy atom. The van der Waals surface area contributed by atoms with Gasteiger partial charge >= 0.3 is 0 Å². The Kier molecular flexibility index (Phi) is 8.56. The molecule has 62 heavy (non-hydrogen) atoms. The second kappa shape index (κ2) is 14.6. The molecule has 0 saturated carbocycles. The molecule has 0 unspecified atom stereocenters. The van der Waals surface area contributed by atoms with Crippen LogP contribution in [0.1, 0.15) is 22.3 Å². The summed E-state index contributed by atoms with van der Waals surface area (Å²) in [6, 6.07) is 64.3. The van der Waals surface area contributed by atoms with E-state index < -0.39 is 0 Å². The van der Waals surface area contributed by atoms with Crippen molar-refractivity contribution in [3.05, 3.63) is 198 Å². The molecule has 8 aromatic carbocycles. The predicted octanol–water partition coefficient (Wildman–Crippen LogP) is 13.1. The molecular weight excluding hydrogens is 759 g/mol. The van der Waals surface area contributed by atoms with Crippen molar-refractivity contribution in [1.29, 1.82) is 10.5 Å². The Morgan fingerprint density at radius 1 is 0.371 bits per heavy atom. The monoisotopic (exact) mass is 793 g/mol. The summed E-state index contributed by atoms with van der Waals surface area (Å²) in [5.41, 5.74) is 13.1. The second-order valence-corrected chi connectivity index (χ2v) is 15.6. The van der Waals surface area contributed by atoms with Crippen molar-refractivity contribution in [2.24, 2.45) is 0 Å². The Labute approximate surface area is 357 Å². The van der Waals surface area contributed by atoms with Gasteiger partial charge in [0, 0.05) is 55.2 Å². The van der Waals surface area contributed by atoms with Crippen LogP contribution >= 0.6 is 0 Å². The molecule has 11 rings (SSSR count). The van der Waals surface area contributed by atoms with E-state index in [-0.39, 0.29) is 0 Å². The smallest absolute Gasteiger partial charge is 0.165 e. The lowest BCUT2D eigenvalue weighted by molar-refractivity contribution is 1.07. The molecule has 7 nitrogen and oxygen atoms in total. The Balaban J connectivity index is 1.14. The second-order valence-electron chi connectivity index (χ2n) is 15.6. The number of nitriles is 2. The predicted molar refractivity (Wildman–Crippen MR) is 249 cm³/mol. The van der Waals surface area contributed by atoms with Gasteiger partial charge in [-0.25, -0.2) is 15.0 Å². The van der Waals surface area contributed by atoms with Gasteiger partial charge in [0.05, 0.1) is 45.3 Å². The van der Waals surface area contributed by atoms with Crippen LogP contribution in [0.25, 0.3) is 100 Å². The summed E-state index contributed by atoms with van der Waals surface area (Å²) in [4.78, 5) is 15.4. The highest BCUT2D eigenvalue weighted by molar-refractivity contribution is 6.10. The molecule has 0 fully saturated rings. The number of benzene rings is 8. The molecule has 3 heterocycles. The van der Waals surface area contributed by atoms with E-state index in [1.54, 1.807) is 0 Å². The maximum Gasteiger partial charge on any atom is 0.165 e. The summed E-state index contributed by atoms with van der Waals surface area (Å²) in [7, 11) is 0. The fourth-order valence-electron chi connectivity index (χ4n) is 8.93. The fraction of sp³-hybridized carbons (Fsp3) is 0.0364. The molecule has 11 aromatic rings. The van der Waals surface area contributed by atoms with Crippen LogP contribution in [0.4, 0.5) is 0 Å². The zero-order chi connectivity index (χ0) is 41.9. The van der Waals surface area contributed by atoms with Crippen LogP contribution in [0.3, 0.4) is 0 Å². The Hall–Kier alpha value is -8.65. The number of nitrogens with zero attached hydrogens (tertiary/aromatic N) is 7. The van der Waals surface area contributed by atoms with E-state index in [0.717, 1.165) is 71.9 Å². The summed E-state index contributed by atoms with van der Waals surface area (Å²) in [6.45, 7) is 4.22. The van der Waals surface area contributed by atoms with Crippen molar-refractivity contribution in [3.63, 3.8) is 0 Å². The quantitative estimate of drug-likeness (QED) is 0.167. The van der Waals surface area contributed by atoms with Crippen molar-refractivity contribution in [3.8, 4) is 68.8 Å². The number of rotatable bonds is 6. The molecule has 0 bridgehead atoms. The Morgan fingerprint density at radius 3 is 1.50 bits per heavy atom. The maximum atomic E-state index is 10.8. The average Bonchev–Trinajstić information content (AvgIpc) is 3.83. The highest BCUT2D eigenvalue weighted by Gasteiger charge is 2.22. The zero-order valence-electron chi connectivity index (χ0n) is 33.9. The molecule has 0 aliphatic heterocycles. The number of hydrogen-bond donors (Lipinski definition) is 0. The molecule has 3 aromatic heterocycles. The third-order valence-electron chi connectivity index (χ3n) is 11.8. The van der Waals surface area contributed by atoms with E-state index in [0.29, 0.717) is 34.2 Å². The van der Waals surface area contributed by atoms with Gasteiger partial charge in [0.15, 0.2) is 17.5 Å². The number of fused-ring (bicyclic) bond motifs is 6. The first-order chi connectivity index (χ1) is 30.5. The van der Waals surface area contributed by atoms with Crippen LogP contribution in [0.15, 0.2) is 176 Å². The molecule has 0 spiro atoms. The van der Waals surface area contributed by atoms with Crippen molar-refractivity contribution < 1.29 is 0 Å². The van der Waals surface area contributed by atoms with Crippen LogP contribution in [-0.2, 0) is 0 Å². The lowest BCUT2D eigenvalue weighted by Gasteiger charge is -2.16. The number of aryl methyl sites for hydroxylation is 2.